The Kier molecular flexibility index (Phi) is 10.3. The van der Waals surface area contributed by atoms with Crippen molar-refractivity contribution in [1.29, 1.82) is 0 Å². The molecule has 0 aromatic carbocycles. The van der Waals surface area contributed by atoms with Gasteiger partial charge in [0.25, 0.3) is 0 Å². The van der Waals surface area contributed by atoms with E-state index in [-0.39, 0.29) is 35.8 Å². The van der Waals surface area contributed by atoms with Gasteiger partial charge in [-0.05, 0) is 39.3 Å². The highest BCUT2D eigenvalue weighted by Gasteiger charge is 2.09. The van der Waals surface area contributed by atoms with Gasteiger partial charge in [0.2, 0.25) is 0 Å². The average molecular weight is 459 g/mol. The lowest BCUT2D eigenvalue weighted by molar-refractivity contribution is 0.581. The Balaban J connectivity index is 0.00000441. The molecule has 1 atom stereocenters. The van der Waals surface area contributed by atoms with Crippen LogP contribution in [0.2, 0.25) is 0 Å². The van der Waals surface area contributed by atoms with Crippen molar-refractivity contribution < 1.29 is 8.42 Å². The molecule has 128 valence electrons. The van der Waals surface area contributed by atoms with Crippen molar-refractivity contribution in [1.82, 2.24) is 10.6 Å². The van der Waals surface area contributed by atoms with Crippen LogP contribution in [-0.2, 0) is 16.4 Å². The normalized spacial score (nSPS) is 13.4. The highest BCUT2D eigenvalue weighted by Crippen LogP contribution is 2.15. The summed E-state index contributed by atoms with van der Waals surface area (Å²) in [4.78, 5) is 7.03. The van der Waals surface area contributed by atoms with Gasteiger partial charge in [0.1, 0.15) is 9.84 Å². The molecule has 0 aliphatic rings. The number of nitrogens with zero attached hydrogens (tertiary/aromatic N) is 1. The second-order valence-corrected chi connectivity index (χ2v) is 8.80. The van der Waals surface area contributed by atoms with Crippen molar-refractivity contribution in [3.05, 3.63) is 21.9 Å². The van der Waals surface area contributed by atoms with E-state index in [9.17, 15) is 8.42 Å². The summed E-state index contributed by atoms with van der Waals surface area (Å²) in [5.41, 5.74) is 0. The van der Waals surface area contributed by atoms with Gasteiger partial charge in [0.05, 0.1) is 12.3 Å². The fourth-order valence-electron chi connectivity index (χ4n) is 1.74. The quantitative estimate of drug-likeness (QED) is 0.374. The average Bonchev–Trinajstić information content (AvgIpc) is 2.79. The smallest absolute Gasteiger partial charge is 0.191 e. The van der Waals surface area contributed by atoms with Gasteiger partial charge < -0.3 is 10.6 Å². The Morgan fingerprint density at radius 1 is 1.41 bits per heavy atom. The van der Waals surface area contributed by atoms with Crippen molar-refractivity contribution in [2.24, 2.45) is 4.99 Å². The molecule has 0 fully saturated rings. The second kappa shape index (κ2) is 10.4. The van der Waals surface area contributed by atoms with Crippen LogP contribution >= 0.6 is 35.3 Å². The molecule has 22 heavy (non-hydrogen) atoms. The van der Waals surface area contributed by atoms with E-state index in [1.54, 1.807) is 11.3 Å². The van der Waals surface area contributed by atoms with E-state index in [0.29, 0.717) is 13.0 Å². The fourth-order valence-corrected chi connectivity index (χ4v) is 3.34. The standard InChI is InChI=1S/C14H25N3O2S2.HI/c1-5-15-14(16-10-13-7-6-12(3)20-13)17-11(2)8-9-21(4,18)19;/h6-7,11H,5,8-10H2,1-4H3,(H2,15,16,17);1H. The zero-order chi connectivity index (χ0) is 15.9. The van der Waals surface area contributed by atoms with E-state index in [0.717, 1.165) is 12.5 Å². The van der Waals surface area contributed by atoms with Crippen molar-refractivity contribution in [3.8, 4) is 0 Å². The molecule has 0 amide bonds. The highest BCUT2D eigenvalue weighted by molar-refractivity contribution is 14.0. The van der Waals surface area contributed by atoms with E-state index >= 15 is 0 Å². The largest absolute Gasteiger partial charge is 0.357 e. The van der Waals surface area contributed by atoms with Crippen molar-refractivity contribution in [2.45, 2.75) is 39.8 Å². The summed E-state index contributed by atoms with van der Waals surface area (Å²) in [6.07, 6.45) is 1.83. The molecule has 1 aromatic heterocycles. The summed E-state index contributed by atoms with van der Waals surface area (Å²) >= 11 is 1.74. The van der Waals surface area contributed by atoms with Gasteiger partial charge in [0, 0.05) is 28.6 Å². The van der Waals surface area contributed by atoms with E-state index in [1.807, 2.05) is 13.8 Å². The summed E-state index contributed by atoms with van der Waals surface area (Å²) in [6.45, 7) is 7.45. The van der Waals surface area contributed by atoms with Crippen LogP contribution in [0.15, 0.2) is 17.1 Å². The summed E-state index contributed by atoms with van der Waals surface area (Å²) in [5, 5.41) is 6.43. The predicted molar refractivity (Wildman–Crippen MR) is 106 cm³/mol. The molecule has 1 rings (SSSR count). The number of guanidine groups is 1. The molecular formula is C14H26IN3O2S2. The molecular weight excluding hydrogens is 433 g/mol. The molecule has 8 heteroatoms. The number of hydrogen-bond acceptors (Lipinski definition) is 4. The number of hydrogen-bond donors (Lipinski definition) is 2. The van der Waals surface area contributed by atoms with E-state index in [4.69, 9.17) is 0 Å². The summed E-state index contributed by atoms with van der Waals surface area (Å²) in [7, 11) is -2.92. The Labute approximate surface area is 154 Å². The van der Waals surface area contributed by atoms with Crippen molar-refractivity contribution >= 4 is 51.1 Å². The van der Waals surface area contributed by atoms with Crippen LogP contribution in [-0.4, -0.2) is 39.0 Å². The zero-order valence-corrected chi connectivity index (χ0v) is 17.5. The van der Waals surface area contributed by atoms with Crippen LogP contribution in [0.5, 0.6) is 0 Å². The van der Waals surface area contributed by atoms with E-state index < -0.39 is 9.84 Å². The topological polar surface area (TPSA) is 70.6 Å². The Morgan fingerprint density at radius 2 is 2.09 bits per heavy atom. The van der Waals surface area contributed by atoms with Gasteiger partial charge >= 0.3 is 0 Å². The first kappa shape index (κ1) is 21.6. The van der Waals surface area contributed by atoms with Crippen LogP contribution in [0.1, 0.15) is 30.0 Å². The molecule has 0 radical (unpaired) electrons. The maximum atomic E-state index is 11.2. The van der Waals surface area contributed by atoms with Crippen molar-refractivity contribution in [2.75, 3.05) is 18.6 Å². The molecule has 1 aromatic rings. The molecule has 0 aliphatic heterocycles. The number of halogens is 1. The second-order valence-electron chi connectivity index (χ2n) is 5.17. The molecule has 1 unspecified atom stereocenters. The molecule has 1 heterocycles. The Bertz CT molecular complexity index is 570. The van der Waals surface area contributed by atoms with Gasteiger partial charge in [-0.1, -0.05) is 0 Å². The first-order chi connectivity index (χ1) is 9.80. The van der Waals surface area contributed by atoms with Crippen LogP contribution in [0.3, 0.4) is 0 Å². The first-order valence-electron chi connectivity index (χ1n) is 7.08. The van der Waals surface area contributed by atoms with Crippen LogP contribution in [0, 0.1) is 6.92 Å². The van der Waals surface area contributed by atoms with Gasteiger partial charge in [-0.15, -0.1) is 35.3 Å². The molecule has 0 spiro atoms. The third-order valence-electron chi connectivity index (χ3n) is 2.84. The highest BCUT2D eigenvalue weighted by atomic mass is 127. The molecule has 0 saturated heterocycles. The lowest BCUT2D eigenvalue weighted by Gasteiger charge is -2.17. The lowest BCUT2D eigenvalue weighted by atomic mass is 10.3. The number of aliphatic imine (C=N–C) groups is 1. The molecule has 0 saturated carbocycles. The van der Waals surface area contributed by atoms with Gasteiger partial charge in [0.15, 0.2) is 5.96 Å². The fraction of sp³-hybridized carbons (Fsp3) is 0.643. The minimum absolute atomic E-state index is 0. The zero-order valence-electron chi connectivity index (χ0n) is 13.5. The minimum atomic E-state index is -2.92. The van der Waals surface area contributed by atoms with E-state index in [1.165, 1.54) is 16.0 Å². The Hall–Kier alpha value is -0.350. The summed E-state index contributed by atoms with van der Waals surface area (Å²) < 4.78 is 22.4. The maximum Gasteiger partial charge on any atom is 0.191 e. The van der Waals surface area contributed by atoms with Crippen molar-refractivity contribution in [3.63, 3.8) is 0 Å². The SMILES string of the molecule is CCNC(=NCc1ccc(C)s1)NC(C)CCS(C)(=O)=O.I. The number of aryl methyl sites for hydroxylation is 1. The number of nitrogens with one attached hydrogen (secondary N) is 2. The van der Waals surface area contributed by atoms with Gasteiger partial charge in [-0.25, -0.2) is 13.4 Å². The number of sulfone groups is 1. The van der Waals surface area contributed by atoms with Gasteiger partial charge in [-0.2, -0.15) is 0 Å². The van der Waals surface area contributed by atoms with Crippen LogP contribution in [0.25, 0.3) is 0 Å². The number of rotatable bonds is 7. The third-order valence-corrected chi connectivity index (χ3v) is 4.80. The Morgan fingerprint density at radius 3 is 2.59 bits per heavy atom. The van der Waals surface area contributed by atoms with E-state index in [2.05, 4.69) is 34.7 Å². The summed E-state index contributed by atoms with van der Waals surface area (Å²) in [6, 6.07) is 4.23. The maximum absolute atomic E-state index is 11.2. The lowest BCUT2D eigenvalue weighted by Crippen LogP contribution is -2.42. The minimum Gasteiger partial charge on any atom is -0.357 e. The monoisotopic (exact) mass is 459 g/mol. The summed E-state index contributed by atoms with van der Waals surface area (Å²) in [5.74, 6) is 0.912. The third kappa shape index (κ3) is 9.62. The van der Waals surface area contributed by atoms with Crippen LogP contribution in [0.4, 0.5) is 0 Å². The molecule has 0 aliphatic carbocycles. The van der Waals surface area contributed by atoms with Gasteiger partial charge in [-0.3, -0.25) is 0 Å². The first-order valence-corrected chi connectivity index (χ1v) is 9.95. The predicted octanol–water partition coefficient (Wildman–Crippen LogP) is 2.55. The molecule has 5 nitrogen and oxygen atoms in total. The molecule has 0 bridgehead atoms. The van der Waals surface area contributed by atoms with Crippen LogP contribution < -0.4 is 10.6 Å². The number of thiophene rings is 1. The molecule has 2 N–H and O–H groups in total.